The molecule has 1 aromatic carbocycles. The predicted octanol–water partition coefficient (Wildman–Crippen LogP) is 5.86. The van der Waals surface area contributed by atoms with Crippen LogP contribution in [0.2, 0.25) is 0 Å². The molecule has 0 saturated heterocycles. The lowest BCUT2D eigenvalue weighted by Gasteiger charge is -2.33. The number of fused-ring (bicyclic) bond motifs is 1. The van der Waals surface area contributed by atoms with E-state index in [9.17, 15) is 0 Å². The van der Waals surface area contributed by atoms with Crippen molar-refractivity contribution in [3.8, 4) is 0 Å². The van der Waals surface area contributed by atoms with E-state index in [0.29, 0.717) is 5.92 Å². The number of benzene rings is 1. The molecule has 98 valence electrons. The standard InChI is InChI=1S/C18H19Br/c1-12-11-15(14-9-6-10-16(19)17(12)14)18(2,3)13-7-4-5-8-13/h4-7,9-11,15H,8H2,1-3H3. The van der Waals surface area contributed by atoms with Crippen LogP contribution in [-0.4, -0.2) is 0 Å². The maximum atomic E-state index is 3.70. The Morgan fingerprint density at radius 1 is 1.26 bits per heavy atom. The van der Waals surface area contributed by atoms with E-state index in [-0.39, 0.29) is 5.41 Å². The average molecular weight is 315 g/mol. The van der Waals surface area contributed by atoms with Gasteiger partial charge in [-0.15, -0.1) is 0 Å². The maximum absolute atomic E-state index is 3.70. The highest BCUT2D eigenvalue weighted by molar-refractivity contribution is 9.10. The first-order valence-electron chi connectivity index (χ1n) is 6.85. The predicted molar refractivity (Wildman–Crippen MR) is 86.2 cm³/mol. The average Bonchev–Trinajstić information content (AvgIpc) is 2.98. The molecule has 2 aliphatic rings. The molecule has 0 aromatic heterocycles. The van der Waals surface area contributed by atoms with Crippen LogP contribution in [-0.2, 0) is 0 Å². The summed E-state index contributed by atoms with van der Waals surface area (Å²) in [6.45, 7) is 6.97. The molecule has 2 aliphatic carbocycles. The molecule has 0 saturated carbocycles. The van der Waals surface area contributed by atoms with Gasteiger partial charge in [-0.3, -0.25) is 0 Å². The summed E-state index contributed by atoms with van der Waals surface area (Å²) in [5.41, 5.74) is 5.97. The Morgan fingerprint density at radius 2 is 2.05 bits per heavy atom. The summed E-state index contributed by atoms with van der Waals surface area (Å²) >= 11 is 3.70. The Labute approximate surface area is 124 Å². The first kappa shape index (κ1) is 12.9. The van der Waals surface area contributed by atoms with E-state index in [2.05, 4.69) is 79.2 Å². The van der Waals surface area contributed by atoms with E-state index < -0.39 is 0 Å². The largest absolute Gasteiger partial charge is 0.0804 e. The van der Waals surface area contributed by atoms with Gasteiger partial charge >= 0.3 is 0 Å². The van der Waals surface area contributed by atoms with Gasteiger partial charge in [-0.05, 0) is 41.5 Å². The molecule has 1 aromatic rings. The van der Waals surface area contributed by atoms with Gasteiger partial charge in [0.2, 0.25) is 0 Å². The highest BCUT2D eigenvalue weighted by atomic mass is 79.9. The fourth-order valence-electron chi connectivity index (χ4n) is 3.36. The summed E-state index contributed by atoms with van der Waals surface area (Å²) in [6, 6.07) is 6.57. The third kappa shape index (κ3) is 1.95. The van der Waals surface area contributed by atoms with E-state index in [1.54, 1.807) is 0 Å². The molecule has 0 spiro atoms. The Morgan fingerprint density at radius 3 is 2.74 bits per heavy atom. The minimum absolute atomic E-state index is 0.177. The van der Waals surface area contributed by atoms with Crippen LogP contribution < -0.4 is 0 Å². The van der Waals surface area contributed by atoms with E-state index in [0.717, 1.165) is 6.42 Å². The SMILES string of the molecule is CC1=CC(C(C)(C)C2=CC=CC2)c2cccc(Br)c21. The van der Waals surface area contributed by atoms with Gasteiger partial charge in [-0.1, -0.05) is 71.8 Å². The first-order valence-corrected chi connectivity index (χ1v) is 7.64. The zero-order valence-electron chi connectivity index (χ0n) is 11.7. The molecule has 0 bridgehead atoms. The van der Waals surface area contributed by atoms with Crippen LogP contribution in [0.5, 0.6) is 0 Å². The Kier molecular flexibility index (Phi) is 3.05. The van der Waals surface area contributed by atoms with Crippen molar-refractivity contribution in [2.24, 2.45) is 5.41 Å². The Hall–Kier alpha value is -1.08. The van der Waals surface area contributed by atoms with E-state index in [4.69, 9.17) is 0 Å². The molecule has 0 aliphatic heterocycles. The van der Waals surface area contributed by atoms with Crippen LogP contribution in [0.25, 0.3) is 5.57 Å². The smallest absolute Gasteiger partial charge is 0.0253 e. The first-order chi connectivity index (χ1) is 9.01. The van der Waals surface area contributed by atoms with Crippen LogP contribution in [0.15, 0.2) is 52.5 Å². The van der Waals surface area contributed by atoms with E-state index >= 15 is 0 Å². The van der Waals surface area contributed by atoms with Gasteiger partial charge < -0.3 is 0 Å². The van der Waals surface area contributed by atoms with Crippen LogP contribution in [0.1, 0.15) is 44.2 Å². The highest BCUT2D eigenvalue weighted by Gasteiger charge is 2.37. The molecule has 0 N–H and O–H groups in total. The van der Waals surface area contributed by atoms with Crippen molar-refractivity contribution in [3.63, 3.8) is 0 Å². The topological polar surface area (TPSA) is 0 Å². The monoisotopic (exact) mass is 314 g/mol. The molecule has 0 fully saturated rings. The number of halogens is 1. The second kappa shape index (κ2) is 4.49. The van der Waals surface area contributed by atoms with Gasteiger partial charge in [-0.2, -0.15) is 0 Å². The summed E-state index contributed by atoms with van der Waals surface area (Å²) in [5, 5.41) is 0. The lowest BCUT2D eigenvalue weighted by atomic mass is 9.70. The fraction of sp³-hybridized carbons (Fsp3) is 0.333. The van der Waals surface area contributed by atoms with Crippen molar-refractivity contribution in [3.05, 3.63) is 63.7 Å². The molecule has 3 rings (SSSR count). The number of allylic oxidation sites excluding steroid dienone is 6. The number of hydrogen-bond donors (Lipinski definition) is 0. The van der Waals surface area contributed by atoms with E-state index in [1.165, 1.54) is 26.7 Å². The Balaban J connectivity index is 2.08. The second-order valence-electron chi connectivity index (χ2n) is 6.08. The number of hydrogen-bond acceptors (Lipinski definition) is 0. The third-order valence-electron chi connectivity index (χ3n) is 4.57. The van der Waals surface area contributed by atoms with Gasteiger partial charge in [0.15, 0.2) is 0 Å². The van der Waals surface area contributed by atoms with Crippen molar-refractivity contribution >= 4 is 21.5 Å². The lowest BCUT2D eigenvalue weighted by molar-refractivity contribution is 0.395. The van der Waals surface area contributed by atoms with E-state index in [1.807, 2.05) is 0 Å². The molecule has 0 amide bonds. The van der Waals surface area contributed by atoms with Crippen molar-refractivity contribution < 1.29 is 0 Å². The lowest BCUT2D eigenvalue weighted by Crippen LogP contribution is -2.22. The Bertz CT molecular complexity index is 615. The summed E-state index contributed by atoms with van der Waals surface area (Å²) in [4.78, 5) is 0. The quantitative estimate of drug-likeness (QED) is 0.641. The van der Waals surface area contributed by atoms with Crippen molar-refractivity contribution in [2.75, 3.05) is 0 Å². The summed E-state index contributed by atoms with van der Waals surface area (Å²) in [6.07, 6.45) is 10.3. The van der Waals surface area contributed by atoms with Crippen molar-refractivity contribution in [2.45, 2.75) is 33.1 Å². The van der Waals surface area contributed by atoms with Crippen molar-refractivity contribution in [1.82, 2.24) is 0 Å². The van der Waals surface area contributed by atoms with Crippen LogP contribution in [0.4, 0.5) is 0 Å². The molecular weight excluding hydrogens is 296 g/mol. The molecule has 1 atom stereocenters. The van der Waals surface area contributed by atoms with Gasteiger partial charge in [0.05, 0.1) is 0 Å². The molecule has 0 nitrogen and oxygen atoms in total. The maximum Gasteiger partial charge on any atom is 0.0253 e. The molecular formula is C18H19Br. The third-order valence-corrected chi connectivity index (χ3v) is 5.23. The van der Waals surface area contributed by atoms with Gasteiger partial charge in [0, 0.05) is 10.4 Å². The molecule has 19 heavy (non-hydrogen) atoms. The second-order valence-corrected chi connectivity index (χ2v) is 6.93. The minimum atomic E-state index is 0.177. The zero-order valence-corrected chi connectivity index (χ0v) is 13.3. The minimum Gasteiger partial charge on any atom is -0.0804 e. The molecule has 1 heteroatoms. The van der Waals surface area contributed by atoms with Crippen LogP contribution in [0.3, 0.4) is 0 Å². The van der Waals surface area contributed by atoms with Gasteiger partial charge in [0.1, 0.15) is 0 Å². The summed E-state index contributed by atoms with van der Waals surface area (Å²) in [7, 11) is 0. The van der Waals surface area contributed by atoms with Gasteiger partial charge in [-0.25, -0.2) is 0 Å². The van der Waals surface area contributed by atoms with Crippen LogP contribution in [0, 0.1) is 5.41 Å². The summed E-state index contributed by atoms with van der Waals surface area (Å²) in [5.74, 6) is 0.478. The molecule has 0 radical (unpaired) electrons. The summed E-state index contributed by atoms with van der Waals surface area (Å²) < 4.78 is 1.22. The molecule has 0 heterocycles. The van der Waals surface area contributed by atoms with Crippen LogP contribution >= 0.6 is 15.9 Å². The van der Waals surface area contributed by atoms with Gasteiger partial charge in [0.25, 0.3) is 0 Å². The number of rotatable bonds is 2. The highest BCUT2D eigenvalue weighted by Crippen LogP contribution is 2.52. The zero-order chi connectivity index (χ0) is 13.6. The van der Waals surface area contributed by atoms with Crippen molar-refractivity contribution in [1.29, 1.82) is 0 Å². The fourth-order valence-corrected chi connectivity index (χ4v) is 4.06. The normalized spacial score (nSPS) is 21.4. The molecule has 1 unspecified atom stereocenters.